The highest BCUT2D eigenvalue weighted by Gasteiger charge is 2.25. The molecule has 0 atom stereocenters. The largest absolute Gasteiger partial charge is 0.491 e. The Morgan fingerprint density at radius 1 is 0.417 bits per heavy atom. The number of hydrogen-bond donors (Lipinski definition) is 2. The van der Waals surface area contributed by atoms with Crippen LogP contribution in [0.3, 0.4) is 0 Å². The van der Waals surface area contributed by atoms with Gasteiger partial charge >= 0.3 is 0 Å². The Labute approximate surface area is 418 Å². The van der Waals surface area contributed by atoms with E-state index in [2.05, 4.69) is 123 Å². The zero-order chi connectivity index (χ0) is 49.4. The molecule has 0 spiro atoms. The third kappa shape index (κ3) is 9.97. The molecular formula is C58H60N8O6. The van der Waals surface area contributed by atoms with Crippen LogP contribution in [-0.2, 0) is 33.4 Å². The monoisotopic (exact) mass is 964 g/mol. The predicted octanol–water partition coefficient (Wildman–Crippen LogP) is 11.4. The Hall–Kier alpha value is -7.68. The summed E-state index contributed by atoms with van der Waals surface area (Å²) < 4.78 is 39.2. The summed E-state index contributed by atoms with van der Waals surface area (Å²) in [4.78, 5) is 7.80. The predicted molar refractivity (Wildman–Crippen MR) is 282 cm³/mol. The van der Waals surface area contributed by atoms with Gasteiger partial charge < -0.3 is 38.4 Å². The maximum absolute atomic E-state index is 5.99. The van der Waals surface area contributed by atoms with Crippen LogP contribution in [-0.4, -0.2) is 92.8 Å². The SMILES string of the molecule is CC(C)(C)c1cc2c3[nH]c4c(ccc5c6cc(C(C)(C)C)cc(c6[nH]c54)-c4cn(nn4)Cc4ccc(cc4)OCCOCCOc4cccc(c4)OCCOCCOc4ccc(cc4)Cn4cc-2nn4)c3c1. The molecule has 72 heavy (non-hydrogen) atoms. The topological polar surface area (TPSA) is 148 Å². The summed E-state index contributed by atoms with van der Waals surface area (Å²) in [6.07, 6.45) is 4.07. The minimum Gasteiger partial charge on any atom is -0.491 e. The zero-order valence-electron chi connectivity index (χ0n) is 41.8. The fourth-order valence-corrected chi connectivity index (χ4v) is 9.30. The first-order valence-electron chi connectivity index (χ1n) is 24.7. The summed E-state index contributed by atoms with van der Waals surface area (Å²) >= 11 is 0. The number of ether oxygens (including phenoxy) is 6. The minimum absolute atomic E-state index is 0.116. The van der Waals surface area contributed by atoms with E-state index >= 15 is 0 Å². The first-order chi connectivity index (χ1) is 34.9. The second-order valence-corrected chi connectivity index (χ2v) is 20.5. The van der Waals surface area contributed by atoms with Crippen molar-refractivity contribution >= 4 is 43.6 Å². The van der Waals surface area contributed by atoms with Crippen LogP contribution < -0.4 is 18.9 Å². The molecule has 4 aliphatic heterocycles. The molecule has 0 saturated heterocycles. The molecule has 14 nitrogen and oxygen atoms in total. The molecule has 0 amide bonds. The van der Waals surface area contributed by atoms with Gasteiger partial charge in [-0.15, -0.1) is 10.2 Å². The lowest BCUT2D eigenvalue weighted by atomic mass is 9.84. The lowest BCUT2D eigenvalue weighted by Crippen LogP contribution is -2.13. The van der Waals surface area contributed by atoms with E-state index < -0.39 is 0 Å². The number of hydrogen-bond acceptors (Lipinski definition) is 10. The average Bonchev–Trinajstić information content (AvgIpc) is 4.19. The summed E-state index contributed by atoms with van der Waals surface area (Å²) in [7, 11) is 0. The summed E-state index contributed by atoms with van der Waals surface area (Å²) in [5, 5.41) is 23.3. The van der Waals surface area contributed by atoms with Gasteiger partial charge in [0.25, 0.3) is 0 Å². The Morgan fingerprint density at radius 2 is 0.819 bits per heavy atom. The van der Waals surface area contributed by atoms with Crippen molar-refractivity contribution in [2.45, 2.75) is 65.5 Å². The van der Waals surface area contributed by atoms with Gasteiger partial charge in [-0.25, -0.2) is 9.36 Å². The van der Waals surface area contributed by atoms with Crippen molar-refractivity contribution < 1.29 is 28.4 Å². The van der Waals surface area contributed by atoms with Crippen LogP contribution >= 0.6 is 0 Å². The average molecular weight is 965 g/mol. The number of nitrogens with one attached hydrogen (secondary N) is 2. The van der Waals surface area contributed by atoms with E-state index in [1.165, 1.54) is 11.1 Å². The molecular weight excluding hydrogens is 905 g/mol. The number of nitrogens with zero attached hydrogens (tertiary/aromatic N) is 6. The van der Waals surface area contributed by atoms with Gasteiger partial charge in [-0.05, 0) is 93.7 Å². The van der Waals surface area contributed by atoms with Crippen LogP contribution in [0.25, 0.3) is 66.1 Å². The normalized spacial score (nSPS) is 14.9. The van der Waals surface area contributed by atoms with Gasteiger partial charge in [-0.2, -0.15) is 0 Å². The molecule has 368 valence electrons. The Bertz CT molecular complexity index is 3290. The first-order valence-corrected chi connectivity index (χ1v) is 24.7. The Balaban J connectivity index is 0.923. The summed E-state index contributed by atoms with van der Waals surface area (Å²) in [5.74, 6) is 2.96. The molecule has 14 rings (SSSR count). The molecule has 14 bridgehead atoms. The summed E-state index contributed by atoms with van der Waals surface area (Å²) in [5.41, 5.74) is 12.1. The number of rotatable bonds is 0. The Kier molecular flexibility index (Phi) is 12.6. The maximum atomic E-state index is 5.99. The second kappa shape index (κ2) is 19.5. The second-order valence-electron chi connectivity index (χ2n) is 20.5. The maximum Gasteiger partial charge on any atom is 0.123 e. The van der Waals surface area contributed by atoms with Gasteiger partial charge in [-0.3, -0.25) is 0 Å². The fraction of sp³-hybridized carbons (Fsp3) is 0.310. The van der Waals surface area contributed by atoms with Gasteiger partial charge in [0.05, 0.1) is 74.0 Å². The van der Waals surface area contributed by atoms with Gasteiger partial charge in [0.15, 0.2) is 0 Å². The third-order valence-corrected chi connectivity index (χ3v) is 13.3. The first kappa shape index (κ1) is 46.7. The van der Waals surface area contributed by atoms with Crippen molar-refractivity contribution in [2.24, 2.45) is 0 Å². The molecule has 0 saturated carbocycles. The highest BCUT2D eigenvalue weighted by atomic mass is 16.6. The van der Waals surface area contributed by atoms with Crippen molar-refractivity contribution in [1.29, 1.82) is 0 Å². The molecule has 0 unspecified atom stereocenters. The van der Waals surface area contributed by atoms with E-state index in [9.17, 15) is 0 Å². The fourth-order valence-electron chi connectivity index (χ4n) is 9.30. The number of aromatic nitrogens is 8. The van der Waals surface area contributed by atoms with Crippen molar-refractivity contribution in [3.05, 3.63) is 144 Å². The molecule has 14 heteroatoms. The summed E-state index contributed by atoms with van der Waals surface area (Å²) in [6.45, 7) is 18.0. The van der Waals surface area contributed by atoms with E-state index in [4.69, 9.17) is 38.6 Å². The minimum atomic E-state index is -0.116. The van der Waals surface area contributed by atoms with Gasteiger partial charge in [-0.1, -0.05) is 94.4 Å². The zero-order valence-corrected chi connectivity index (χ0v) is 41.8. The molecule has 0 fully saturated rings. The molecule has 10 aromatic rings. The number of H-pyrrole nitrogens is 2. The standard InChI is InChI=1S/C58H60N8O6/c1-57(2,3)39-28-47-45-18-19-46-48-29-40(58(4,5)6)31-50-52-36-66(64-62-52)34-38-12-16-42(17-13-38)70-25-21-68-23-27-72-44-9-7-8-43(32-44)71-26-22-67-20-24-69-41-14-10-37(11-15-41)33-65-35-51(61-63-65)49(30-39)53(47)59-55(45)56(46)60-54(48)50/h7-19,28-32,35-36,59-60H,20-27,33-34H2,1-6H3. The van der Waals surface area contributed by atoms with Crippen LogP contribution in [0, 0.1) is 0 Å². The van der Waals surface area contributed by atoms with Crippen molar-refractivity contribution in [1.82, 2.24) is 40.0 Å². The van der Waals surface area contributed by atoms with Crippen molar-refractivity contribution in [2.75, 3.05) is 52.9 Å². The third-order valence-electron chi connectivity index (χ3n) is 13.3. The lowest BCUT2D eigenvalue weighted by molar-refractivity contribution is 0.0747. The summed E-state index contributed by atoms with van der Waals surface area (Å²) in [6, 6.07) is 37.4. The van der Waals surface area contributed by atoms with E-state index in [1.54, 1.807) is 0 Å². The van der Waals surface area contributed by atoms with E-state index in [0.717, 1.165) is 88.8 Å². The number of benzene rings is 6. The van der Waals surface area contributed by atoms with E-state index in [1.807, 2.05) is 70.3 Å². The number of aromatic amines is 2. The smallest absolute Gasteiger partial charge is 0.123 e. The van der Waals surface area contributed by atoms with Crippen LogP contribution in [0.1, 0.15) is 63.8 Å². The molecule has 4 aliphatic rings. The van der Waals surface area contributed by atoms with E-state index in [0.29, 0.717) is 77.4 Å². The number of fused-ring (bicyclic) bond motifs is 2. The highest BCUT2D eigenvalue weighted by molar-refractivity contribution is 6.24. The molecule has 8 heterocycles. The molecule has 2 N–H and O–H groups in total. The highest BCUT2D eigenvalue weighted by Crippen LogP contribution is 2.43. The van der Waals surface area contributed by atoms with Crippen LogP contribution in [0.2, 0.25) is 0 Å². The molecule has 0 radical (unpaired) electrons. The van der Waals surface area contributed by atoms with E-state index in [-0.39, 0.29) is 10.8 Å². The molecule has 6 aromatic carbocycles. The molecule has 0 aliphatic carbocycles. The van der Waals surface area contributed by atoms with Gasteiger partial charge in [0.2, 0.25) is 0 Å². The quantitative estimate of drug-likeness (QED) is 0.150. The van der Waals surface area contributed by atoms with Crippen LogP contribution in [0.5, 0.6) is 23.0 Å². The van der Waals surface area contributed by atoms with Crippen LogP contribution in [0.4, 0.5) is 0 Å². The Morgan fingerprint density at radius 3 is 1.22 bits per heavy atom. The van der Waals surface area contributed by atoms with Crippen molar-refractivity contribution in [3.8, 4) is 45.5 Å². The van der Waals surface area contributed by atoms with Crippen LogP contribution in [0.15, 0.2) is 122 Å². The molecule has 4 aromatic heterocycles. The van der Waals surface area contributed by atoms with Gasteiger partial charge in [0.1, 0.15) is 60.8 Å². The lowest BCUT2D eigenvalue weighted by Gasteiger charge is -2.20. The van der Waals surface area contributed by atoms with Crippen molar-refractivity contribution in [3.63, 3.8) is 0 Å². The van der Waals surface area contributed by atoms with Gasteiger partial charge in [0, 0.05) is 38.7 Å².